The summed E-state index contributed by atoms with van der Waals surface area (Å²) >= 11 is 0. The highest BCUT2D eigenvalue weighted by Crippen LogP contribution is 2.32. The van der Waals surface area contributed by atoms with Crippen LogP contribution < -0.4 is 14.8 Å². The molecule has 0 bridgehead atoms. The number of ether oxygens (including phenoxy) is 2. The fourth-order valence-corrected chi connectivity index (χ4v) is 3.35. The van der Waals surface area contributed by atoms with Crippen LogP contribution in [-0.4, -0.2) is 35.6 Å². The van der Waals surface area contributed by atoms with E-state index in [9.17, 15) is 14.0 Å². The highest BCUT2D eigenvalue weighted by molar-refractivity contribution is 5.87. The van der Waals surface area contributed by atoms with E-state index in [1.807, 2.05) is 32.0 Å². The van der Waals surface area contributed by atoms with Crippen LogP contribution in [0.2, 0.25) is 0 Å². The molecule has 3 rings (SSSR count). The van der Waals surface area contributed by atoms with Crippen LogP contribution in [0.15, 0.2) is 42.5 Å². The molecule has 0 aliphatic carbocycles. The Kier molecular flexibility index (Phi) is 7.50. The highest BCUT2D eigenvalue weighted by atomic mass is 19.1. The minimum atomic E-state index is -0.724. The maximum absolute atomic E-state index is 14.3. The monoisotopic (exact) mass is 428 g/mol. The standard InChI is InChI=1S/C24H29FN2O4/c1-4-16(2)26-24(29)17(3)27(14-19-7-5-6-8-20(19)25)23(28)12-10-18-9-11-21-22(13-18)31-15-30-21/h5-9,11,13,16-17H,4,10,12,14-15H2,1-3H3,(H,26,29)/t16-,17+/m0/s1. The summed E-state index contributed by atoms with van der Waals surface area (Å²) in [5.74, 6) is 0.487. The van der Waals surface area contributed by atoms with Crippen LogP contribution in [0.4, 0.5) is 4.39 Å². The largest absolute Gasteiger partial charge is 0.454 e. The summed E-state index contributed by atoms with van der Waals surface area (Å²) in [4.78, 5) is 27.3. The molecule has 2 aromatic carbocycles. The summed E-state index contributed by atoms with van der Waals surface area (Å²) in [5.41, 5.74) is 1.31. The van der Waals surface area contributed by atoms with E-state index in [1.54, 1.807) is 25.1 Å². The molecule has 31 heavy (non-hydrogen) atoms. The minimum Gasteiger partial charge on any atom is -0.454 e. The van der Waals surface area contributed by atoms with Crippen LogP contribution in [-0.2, 0) is 22.6 Å². The molecule has 0 spiro atoms. The number of amides is 2. The third-order valence-corrected chi connectivity index (χ3v) is 5.53. The van der Waals surface area contributed by atoms with Gasteiger partial charge in [-0.2, -0.15) is 0 Å². The Morgan fingerprint density at radius 2 is 1.87 bits per heavy atom. The first-order valence-electron chi connectivity index (χ1n) is 10.6. The molecule has 2 aromatic rings. The third kappa shape index (κ3) is 5.75. The Balaban J connectivity index is 1.73. The fourth-order valence-electron chi connectivity index (χ4n) is 3.35. The van der Waals surface area contributed by atoms with Crippen LogP contribution in [0, 0.1) is 5.82 Å². The lowest BCUT2D eigenvalue weighted by molar-refractivity contribution is -0.140. The van der Waals surface area contributed by atoms with Gasteiger partial charge in [-0.05, 0) is 50.5 Å². The van der Waals surface area contributed by atoms with Gasteiger partial charge in [0, 0.05) is 24.6 Å². The first-order valence-corrected chi connectivity index (χ1v) is 10.6. The fraction of sp³-hybridized carbons (Fsp3) is 0.417. The van der Waals surface area contributed by atoms with Crippen LogP contribution in [0.25, 0.3) is 0 Å². The molecule has 7 heteroatoms. The topological polar surface area (TPSA) is 67.9 Å². The molecular weight excluding hydrogens is 399 g/mol. The quantitative estimate of drug-likeness (QED) is 0.659. The summed E-state index contributed by atoms with van der Waals surface area (Å²) in [5, 5.41) is 2.91. The molecule has 0 saturated heterocycles. The van der Waals surface area contributed by atoms with Crippen molar-refractivity contribution < 1.29 is 23.5 Å². The van der Waals surface area contributed by atoms with Gasteiger partial charge in [-0.25, -0.2) is 4.39 Å². The third-order valence-electron chi connectivity index (χ3n) is 5.53. The molecule has 2 amide bonds. The summed E-state index contributed by atoms with van der Waals surface area (Å²) < 4.78 is 25.0. The zero-order chi connectivity index (χ0) is 22.4. The van der Waals surface area contributed by atoms with Crippen molar-refractivity contribution in [2.45, 2.75) is 58.7 Å². The molecule has 0 saturated carbocycles. The minimum absolute atomic E-state index is 0.00556. The smallest absolute Gasteiger partial charge is 0.242 e. The van der Waals surface area contributed by atoms with E-state index in [0.717, 1.165) is 12.0 Å². The number of carbonyl (C=O) groups is 2. The number of fused-ring (bicyclic) bond motifs is 1. The van der Waals surface area contributed by atoms with Gasteiger partial charge < -0.3 is 19.7 Å². The number of nitrogens with one attached hydrogen (secondary N) is 1. The molecule has 2 atom stereocenters. The predicted octanol–water partition coefficient (Wildman–Crippen LogP) is 3.82. The van der Waals surface area contributed by atoms with Gasteiger partial charge in [-0.3, -0.25) is 9.59 Å². The van der Waals surface area contributed by atoms with Crippen LogP contribution >= 0.6 is 0 Å². The summed E-state index contributed by atoms with van der Waals surface area (Å²) in [7, 11) is 0. The number of rotatable bonds is 9. The van der Waals surface area contributed by atoms with Crippen LogP contribution in [0.5, 0.6) is 11.5 Å². The van der Waals surface area contributed by atoms with E-state index in [-0.39, 0.29) is 37.6 Å². The molecule has 1 N–H and O–H groups in total. The van der Waals surface area contributed by atoms with Crippen molar-refractivity contribution in [1.29, 1.82) is 0 Å². The number of benzene rings is 2. The Hall–Kier alpha value is -3.09. The number of halogens is 1. The molecule has 0 fully saturated rings. The number of nitrogens with zero attached hydrogens (tertiary/aromatic N) is 1. The van der Waals surface area contributed by atoms with E-state index >= 15 is 0 Å². The van der Waals surface area contributed by atoms with Gasteiger partial charge in [0.05, 0.1) is 0 Å². The number of hydrogen-bond acceptors (Lipinski definition) is 4. The molecular formula is C24H29FN2O4. The van der Waals surface area contributed by atoms with E-state index in [2.05, 4.69) is 5.32 Å². The number of hydrogen-bond donors (Lipinski definition) is 1. The molecule has 0 aromatic heterocycles. The average molecular weight is 429 g/mol. The lowest BCUT2D eigenvalue weighted by atomic mass is 10.1. The van der Waals surface area contributed by atoms with E-state index in [0.29, 0.717) is 23.5 Å². The maximum atomic E-state index is 14.3. The predicted molar refractivity (Wildman–Crippen MR) is 115 cm³/mol. The summed E-state index contributed by atoms with van der Waals surface area (Å²) in [6.45, 7) is 5.78. The Morgan fingerprint density at radius 1 is 1.13 bits per heavy atom. The van der Waals surface area contributed by atoms with Crippen molar-refractivity contribution in [1.82, 2.24) is 10.2 Å². The van der Waals surface area contributed by atoms with E-state index in [1.165, 1.54) is 11.0 Å². The Labute approximate surface area is 182 Å². The summed E-state index contributed by atoms with van der Waals surface area (Å²) in [6, 6.07) is 11.1. The zero-order valence-corrected chi connectivity index (χ0v) is 18.2. The first kappa shape index (κ1) is 22.6. The summed E-state index contributed by atoms with van der Waals surface area (Å²) in [6.07, 6.45) is 1.45. The zero-order valence-electron chi connectivity index (χ0n) is 18.2. The van der Waals surface area contributed by atoms with Gasteiger partial charge in [-0.15, -0.1) is 0 Å². The molecule has 1 heterocycles. The van der Waals surface area contributed by atoms with Crippen molar-refractivity contribution >= 4 is 11.8 Å². The lowest BCUT2D eigenvalue weighted by Gasteiger charge is -2.30. The van der Waals surface area contributed by atoms with Gasteiger partial charge in [0.2, 0.25) is 18.6 Å². The average Bonchev–Trinajstić information content (AvgIpc) is 3.24. The van der Waals surface area contributed by atoms with Gasteiger partial charge in [0.25, 0.3) is 0 Å². The van der Waals surface area contributed by atoms with Gasteiger partial charge >= 0.3 is 0 Å². The van der Waals surface area contributed by atoms with Gasteiger partial charge in [0.15, 0.2) is 11.5 Å². The van der Waals surface area contributed by atoms with Crippen LogP contribution in [0.3, 0.4) is 0 Å². The second-order valence-corrected chi connectivity index (χ2v) is 7.79. The Bertz CT molecular complexity index is 934. The van der Waals surface area contributed by atoms with E-state index in [4.69, 9.17) is 9.47 Å². The van der Waals surface area contributed by atoms with Crippen LogP contribution in [0.1, 0.15) is 44.7 Å². The lowest BCUT2D eigenvalue weighted by Crippen LogP contribution is -2.49. The number of aryl methyl sites for hydroxylation is 1. The first-order chi connectivity index (χ1) is 14.9. The highest BCUT2D eigenvalue weighted by Gasteiger charge is 2.27. The van der Waals surface area contributed by atoms with Crippen molar-refractivity contribution in [3.63, 3.8) is 0 Å². The molecule has 1 aliphatic heterocycles. The van der Waals surface area contributed by atoms with Gasteiger partial charge in [-0.1, -0.05) is 31.2 Å². The van der Waals surface area contributed by atoms with Gasteiger partial charge in [0.1, 0.15) is 11.9 Å². The van der Waals surface area contributed by atoms with Crippen molar-refractivity contribution in [3.8, 4) is 11.5 Å². The molecule has 0 unspecified atom stereocenters. The van der Waals surface area contributed by atoms with Crippen molar-refractivity contribution in [2.75, 3.05) is 6.79 Å². The van der Waals surface area contributed by atoms with Crippen molar-refractivity contribution in [2.24, 2.45) is 0 Å². The second kappa shape index (κ2) is 10.3. The Morgan fingerprint density at radius 3 is 2.61 bits per heavy atom. The molecule has 6 nitrogen and oxygen atoms in total. The number of carbonyl (C=O) groups excluding carboxylic acids is 2. The molecule has 0 radical (unpaired) electrons. The van der Waals surface area contributed by atoms with E-state index < -0.39 is 11.9 Å². The van der Waals surface area contributed by atoms with Crippen molar-refractivity contribution in [3.05, 3.63) is 59.4 Å². The second-order valence-electron chi connectivity index (χ2n) is 7.79. The molecule has 1 aliphatic rings. The SMILES string of the molecule is CC[C@H](C)NC(=O)[C@@H](C)N(Cc1ccccc1F)C(=O)CCc1ccc2c(c1)OCO2. The maximum Gasteiger partial charge on any atom is 0.242 e. The normalized spacial score (nSPS) is 14.1. The molecule has 166 valence electrons.